The van der Waals surface area contributed by atoms with E-state index in [0.29, 0.717) is 36.1 Å². The van der Waals surface area contributed by atoms with Gasteiger partial charge in [0.1, 0.15) is 0 Å². The molecule has 176 valence electrons. The monoisotopic (exact) mass is 477 g/mol. The minimum absolute atomic E-state index is 0.0657. The number of carbonyl (C=O) groups excluding carboxylic acids is 3. The Morgan fingerprint density at radius 1 is 1.21 bits per heavy atom. The van der Waals surface area contributed by atoms with Crippen LogP contribution in [0.25, 0.3) is 0 Å². The van der Waals surface area contributed by atoms with Gasteiger partial charge in [-0.15, -0.1) is 11.3 Å². The molecule has 0 aliphatic carbocycles. The first-order valence-electron chi connectivity index (χ1n) is 11.1. The van der Waals surface area contributed by atoms with Gasteiger partial charge >= 0.3 is 6.03 Å². The van der Waals surface area contributed by atoms with Crippen LogP contribution in [0.2, 0.25) is 0 Å². The van der Waals surface area contributed by atoms with Crippen LogP contribution in [-0.4, -0.2) is 40.8 Å². The summed E-state index contributed by atoms with van der Waals surface area (Å²) in [5.41, 5.74) is 3.27. The fourth-order valence-corrected chi connectivity index (χ4v) is 4.74. The van der Waals surface area contributed by atoms with E-state index in [2.05, 4.69) is 15.6 Å². The van der Waals surface area contributed by atoms with Gasteiger partial charge < -0.3 is 15.5 Å². The molecule has 2 N–H and O–H groups in total. The molecule has 1 atom stereocenters. The second kappa shape index (κ2) is 10.5. The highest BCUT2D eigenvalue weighted by atomic mass is 32.1. The first-order chi connectivity index (χ1) is 16.4. The molecule has 1 fully saturated rings. The Morgan fingerprint density at radius 3 is 2.71 bits per heavy atom. The normalized spacial score (nSPS) is 13.9. The van der Waals surface area contributed by atoms with Gasteiger partial charge in [0, 0.05) is 37.6 Å². The smallest absolute Gasteiger partial charge is 0.323 e. The average Bonchev–Trinajstić information content (AvgIpc) is 3.46. The lowest BCUT2D eigenvalue weighted by Gasteiger charge is -2.30. The van der Waals surface area contributed by atoms with Gasteiger partial charge in [-0.2, -0.15) is 0 Å². The SMILES string of the molecule is CC(=O)Nc1cccc(C(C)N(Cc2ccccc2)C(=O)Cc2csc(N3CCNC3=O)n2)c1. The zero-order chi connectivity index (χ0) is 24.1. The molecule has 4 rings (SSSR count). The van der Waals surface area contributed by atoms with Gasteiger partial charge in [0.2, 0.25) is 11.8 Å². The predicted molar refractivity (Wildman–Crippen MR) is 133 cm³/mol. The maximum Gasteiger partial charge on any atom is 0.323 e. The summed E-state index contributed by atoms with van der Waals surface area (Å²) < 4.78 is 0. The fourth-order valence-electron chi connectivity index (χ4n) is 3.89. The van der Waals surface area contributed by atoms with Gasteiger partial charge in [0.25, 0.3) is 0 Å². The average molecular weight is 478 g/mol. The van der Waals surface area contributed by atoms with E-state index in [-0.39, 0.29) is 30.3 Å². The van der Waals surface area contributed by atoms with Crippen LogP contribution in [0.4, 0.5) is 15.6 Å². The minimum Gasteiger partial charge on any atom is -0.336 e. The highest BCUT2D eigenvalue weighted by molar-refractivity contribution is 7.14. The Hall–Kier alpha value is -3.72. The number of carbonyl (C=O) groups is 3. The van der Waals surface area contributed by atoms with E-state index in [0.717, 1.165) is 11.1 Å². The summed E-state index contributed by atoms with van der Waals surface area (Å²) in [6.07, 6.45) is 0.133. The van der Waals surface area contributed by atoms with Crippen LogP contribution in [-0.2, 0) is 22.6 Å². The number of rotatable bonds is 8. The van der Waals surface area contributed by atoms with Crippen molar-refractivity contribution in [2.75, 3.05) is 23.3 Å². The van der Waals surface area contributed by atoms with Crippen LogP contribution in [0.3, 0.4) is 0 Å². The van der Waals surface area contributed by atoms with Crippen molar-refractivity contribution in [3.8, 4) is 0 Å². The standard InChI is InChI=1S/C25H27N5O3S/c1-17(20-9-6-10-21(13-20)27-18(2)31)30(15-19-7-4-3-5-8-19)23(32)14-22-16-34-25(28-22)29-12-11-26-24(29)33/h3-10,13,16-17H,11-12,14-15H2,1-2H3,(H,26,33)(H,27,31). The molecule has 3 aromatic rings. The van der Waals surface area contributed by atoms with E-state index in [1.807, 2.05) is 71.8 Å². The largest absolute Gasteiger partial charge is 0.336 e. The first kappa shape index (κ1) is 23.4. The number of amides is 4. The number of thiazole rings is 1. The molecule has 4 amide bonds. The quantitative estimate of drug-likeness (QED) is 0.513. The van der Waals surface area contributed by atoms with E-state index in [1.165, 1.54) is 18.3 Å². The van der Waals surface area contributed by atoms with Gasteiger partial charge in [0.05, 0.1) is 18.2 Å². The maximum absolute atomic E-state index is 13.5. The molecule has 1 saturated heterocycles. The van der Waals surface area contributed by atoms with Gasteiger partial charge in [-0.3, -0.25) is 14.5 Å². The van der Waals surface area contributed by atoms with Crippen molar-refractivity contribution in [1.82, 2.24) is 15.2 Å². The van der Waals surface area contributed by atoms with E-state index in [4.69, 9.17) is 0 Å². The summed E-state index contributed by atoms with van der Waals surface area (Å²) in [7, 11) is 0. The maximum atomic E-state index is 13.5. The van der Waals surface area contributed by atoms with Crippen molar-refractivity contribution >= 4 is 40.0 Å². The lowest BCUT2D eigenvalue weighted by molar-refractivity contribution is -0.133. The summed E-state index contributed by atoms with van der Waals surface area (Å²) in [4.78, 5) is 44.9. The van der Waals surface area contributed by atoms with Crippen LogP contribution in [0.5, 0.6) is 0 Å². The van der Waals surface area contributed by atoms with Crippen molar-refractivity contribution in [2.45, 2.75) is 32.9 Å². The number of hydrogen-bond acceptors (Lipinski definition) is 5. The Kier molecular flexibility index (Phi) is 7.22. The van der Waals surface area contributed by atoms with Crippen molar-refractivity contribution in [3.05, 3.63) is 76.8 Å². The van der Waals surface area contributed by atoms with Gasteiger partial charge in [-0.1, -0.05) is 42.5 Å². The molecule has 2 heterocycles. The minimum atomic E-state index is -0.233. The molecule has 1 unspecified atom stereocenters. The number of nitrogens with one attached hydrogen (secondary N) is 2. The highest BCUT2D eigenvalue weighted by Gasteiger charge is 2.26. The third-order valence-electron chi connectivity index (χ3n) is 5.63. The third kappa shape index (κ3) is 5.60. The predicted octanol–water partition coefficient (Wildman–Crippen LogP) is 3.96. The lowest BCUT2D eigenvalue weighted by atomic mass is 10.0. The van der Waals surface area contributed by atoms with Crippen LogP contribution < -0.4 is 15.5 Å². The molecule has 1 aliphatic rings. The summed E-state index contributed by atoms with van der Waals surface area (Å²) >= 11 is 1.36. The molecule has 0 radical (unpaired) electrons. The Bertz CT molecular complexity index is 1180. The molecule has 1 aliphatic heterocycles. The Balaban J connectivity index is 1.56. The van der Waals surface area contributed by atoms with Crippen LogP contribution in [0, 0.1) is 0 Å². The Labute approximate surface area is 202 Å². The van der Waals surface area contributed by atoms with Gasteiger partial charge in [0.15, 0.2) is 5.13 Å². The van der Waals surface area contributed by atoms with Crippen LogP contribution in [0.15, 0.2) is 60.0 Å². The third-order valence-corrected chi connectivity index (χ3v) is 6.55. The molecule has 0 spiro atoms. The lowest BCUT2D eigenvalue weighted by Crippen LogP contribution is -2.34. The van der Waals surface area contributed by atoms with Crippen LogP contribution in [0.1, 0.15) is 36.7 Å². The molecule has 1 aromatic heterocycles. The van der Waals surface area contributed by atoms with E-state index in [9.17, 15) is 14.4 Å². The number of anilines is 2. The molecule has 0 saturated carbocycles. The number of benzene rings is 2. The summed E-state index contributed by atoms with van der Waals surface area (Å²) in [5, 5.41) is 8.00. The van der Waals surface area contributed by atoms with E-state index in [1.54, 1.807) is 4.90 Å². The molecule has 9 heteroatoms. The first-order valence-corrected chi connectivity index (χ1v) is 12.0. The summed E-state index contributed by atoms with van der Waals surface area (Å²) in [6, 6.07) is 17.0. The molecule has 34 heavy (non-hydrogen) atoms. The zero-order valence-corrected chi connectivity index (χ0v) is 20.0. The van der Waals surface area contributed by atoms with Crippen LogP contribution >= 0.6 is 11.3 Å². The number of nitrogens with zero attached hydrogens (tertiary/aromatic N) is 3. The van der Waals surface area contributed by atoms with Crippen molar-refractivity contribution < 1.29 is 14.4 Å². The van der Waals surface area contributed by atoms with Crippen molar-refractivity contribution in [1.29, 1.82) is 0 Å². The van der Waals surface area contributed by atoms with E-state index >= 15 is 0 Å². The summed E-state index contributed by atoms with van der Waals surface area (Å²) in [6.45, 7) is 5.05. The molecule has 8 nitrogen and oxygen atoms in total. The highest BCUT2D eigenvalue weighted by Crippen LogP contribution is 2.27. The number of hydrogen-bond donors (Lipinski definition) is 2. The van der Waals surface area contributed by atoms with Crippen molar-refractivity contribution in [2.24, 2.45) is 0 Å². The zero-order valence-electron chi connectivity index (χ0n) is 19.2. The second-order valence-corrected chi connectivity index (χ2v) is 9.01. The Morgan fingerprint density at radius 2 is 2.00 bits per heavy atom. The number of aromatic nitrogens is 1. The fraction of sp³-hybridized carbons (Fsp3) is 0.280. The van der Waals surface area contributed by atoms with E-state index < -0.39 is 0 Å². The van der Waals surface area contributed by atoms with Crippen molar-refractivity contribution in [3.63, 3.8) is 0 Å². The number of urea groups is 1. The molecular formula is C25H27N5O3S. The topological polar surface area (TPSA) is 94.6 Å². The second-order valence-electron chi connectivity index (χ2n) is 8.17. The van der Waals surface area contributed by atoms with Gasteiger partial charge in [-0.05, 0) is 30.2 Å². The summed E-state index contributed by atoms with van der Waals surface area (Å²) in [5.74, 6) is -0.211. The molecule has 0 bridgehead atoms. The molecule has 2 aromatic carbocycles. The van der Waals surface area contributed by atoms with Gasteiger partial charge in [-0.25, -0.2) is 9.78 Å². The molecular weight excluding hydrogens is 450 g/mol.